The Kier molecular flexibility index (Phi) is 5.51. The molecule has 1 aliphatic heterocycles. The Labute approximate surface area is 161 Å². The van der Waals surface area contributed by atoms with E-state index in [9.17, 15) is 14.4 Å². The number of nitrogens with one attached hydrogen (secondary N) is 1. The third-order valence-electron chi connectivity index (χ3n) is 4.07. The van der Waals surface area contributed by atoms with Crippen LogP contribution >= 0.6 is 11.8 Å². The number of carbonyl (C=O) groups excluding carboxylic acids is 3. The normalized spacial score (nSPS) is 15.9. The van der Waals surface area contributed by atoms with Gasteiger partial charge in [0.15, 0.2) is 0 Å². The molecule has 0 aliphatic carbocycles. The number of furan rings is 1. The number of amides is 3. The van der Waals surface area contributed by atoms with E-state index in [2.05, 4.69) is 19.2 Å². The van der Waals surface area contributed by atoms with E-state index in [4.69, 9.17) is 4.42 Å². The summed E-state index contributed by atoms with van der Waals surface area (Å²) in [5.41, 5.74) is 1.79. The maximum absolute atomic E-state index is 12.4. The van der Waals surface area contributed by atoms with Crippen LogP contribution in [0.1, 0.15) is 36.8 Å². The van der Waals surface area contributed by atoms with Crippen molar-refractivity contribution >= 4 is 40.6 Å². The largest absolute Gasteiger partial charge is 0.462 e. The molecule has 140 valence electrons. The van der Waals surface area contributed by atoms with Gasteiger partial charge in [-0.05, 0) is 54.4 Å². The first-order valence-electron chi connectivity index (χ1n) is 8.55. The molecule has 27 heavy (non-hydrogen) atoms. The lowest BCUT2D eigenvalue weighted by atomic mass is 10.0. The lowest BCUT2D eigenvalue weighted by molar-refractivity contribution is -0.127. The second-order valence-electron chi connectivity index (χ2n) is 6.54. The van der Waals surface area contributed by atoms with E-state index in [1.807, 2.05) is 12.1 Å². The van der Waals surface area contributed by atoms with E-state index in [1.54, 1.807) is 31.2 Å². The standard InChI is InChI=1S/C20H20N2O4S/c1-12(2)14-5-7-15(8-6-14)21-18(23)11-22-19(24)17(27-20(22)25)10-16-9-4-13(3)26-16/h4-10,12H,11H2,1-3H3,(H,21,23)/b17-10+. The number of nitrogens with zero attached hydrogens (tertiary/aromatic N) is 1. The van der Waals surface area contributed by atoms with Crippen molar-refractivity contribution in [1.29, 1.82) is 0 Å². The Bertz CT molecular complexity index is 912. The van der Waals surface area contributed by atoms with Gasteiger partial charge in [-0.25, -0.2) is 0 Å². The number of imide groups is 1. The molecule has 1 aliphatic rings. The fourth-order valence-electron chi connectivity index (χ4n) is 2.59. The minimum Gasteiger partial charge on any atom is -0.462 e. The van der Waals surface area contributed by atoms with Gasteiger partial charge in [0, 0.05) is 11.8 Å². The Morgan fingerprint density at radius 2 is 1.89 bits per heavy atom. The molecule has 2 aromatic rings. The van der Waals surface area contributed by atoms with Crippen LogP contribution in [0.3, 0.4) is 0 Å². The molecular weight excluding hydrogens is 364 g/mol. The maximum Gasteiger partial charge on any atom is 0.294 e. The van der Waals surface area contributed by atoms with Gasteiger partial charge < -0.3 is 9.73 Å². The Hall–Kier alpha value is -2.80. The number of hydrogen-bond donors (Lipinski definition) is 1. The summed E-state index contributed by atoms with van der Waals surface area (Å²) in [6.45, 7) is 5.64. The van der Waals surface area contributed by atoms with Crippen molar-refractivity contribution in [2.75, 3.05) is 11.9 Å². The van der Waals surface area contributed by atoms with Crippen molar-refractivity contribution < 1.29 is 18.8 Å². The molecule has 0 atom stereocenters. The molecule has 6 nitrogen and oxygen atoms in total. The molecule has 2 heterocycles. The topological polar surface area (TPSA) is 79.6 Å². The van der Waals surface area contributed by atoms with Crippen molar-refractivity contribution in [3.63, 3.8) is 0 Å². The number of aryl methyl sites for hydroxylation is 1. The number of rotatable bonds is 5. The van der Waals surface area contributed by atoms with Crippen LogP contribution in [0.25, 0.3) is 6.08 Å². The van der Waals surface area contributed by atoms with Crippen LogP contribution in [0.4, 0.5) is 10.5 Å². The van der Waals surface area contributed by atoms with E-state index < -0.39 is 17.1 Å². The van der Waals surface area contributed by atoms with Gasteiger partial charge in [0.2, 0.25) is 5.91 Å². The average molecular weight is 384 g/mol. The van der Waals surface area contributed by atoms with E-state index in [0.29, 0.717) is 23.1 Å². The van der Waals surface area contributed by atoms with Crippen LogP contribution in [-0.2, 0) is 9.59 Å². The highest BCUT2D eigenvalue weighted by molar-refractivity contribution is 8.18. The summed E-state index contributed by atoms with van der Waals surface area (Å²) in [6, 6.07) is 11.0. The van der Waals surface area contributed by atoms with Crippen molar-refractivity contribution in [3.05, 3.63) is 58.4 Å². The van der Waals surface area contributed by atoms with Crippen LogP contribution < -0.4 is 5.32 Å². The van der Waals surface area contributed by atoms with Gasteiger partial charge in [-0.15, -0.1) is 0 Å². The minimum absolute atomic E-state index is 0.239. The molecule has 1 N–H and O–H groups in total. The smallest absolute Gasteiger partial charge is 0.294 e. The fraction of sp³-hybridized carbons (Fsp3) is 0.250. The highest BCUT2D eigenvalue weighted by Crippen LogP contribution is 2.32. The summed E-state index contributed by atoms with van der Waals surface area (Å²) < 4.78 is 5.40. The highest BCUT2D eigenvalue weighted by atomic mass is 32.2. The Balaban J connectivity index is 1.64. The molecular formula is C20H20N2O4S. The van der Waals surface area contributed by atoms with Crippen molar-refractivity contribution in [2.24, 2.45) is 0 Å². The minimum atomic E-state index is -0.496. The number of carbonyl (C=O) groups is 3. The van der Waals surface area contributed by atoms with Crippen molar-refractivity contribution in [2.45, 2.75) is 26.7 Å². The Morgan fingerprint density at radius 3 is 2.48 bits per heavy atom. The van der Waals surface area contributed by atoms with Gasteiger partial charge in [0.25, 0.3) is 11.1 Å². The maximum atomic E-state index is 12.4. The predicted octanol–water partition coefficient (Wildman–Crippen LogP) is 4.39. The monoisotopic (exact) mass is 384 g/mol. The second kappa shape index (κ2) is 7.84. The second-order valence-corrected chi connectivity index (χ2v) is 7.53. The van der Waals surface area contributed by atoms with E-state index >= 15 is 0 Å². The fourth-order valence-corrected chi connectivity index (χ4v) is 3.41. The van der Waals surface area contributed by atoms with E-state index in [-0.39, 0.29) is 11.4 Å². The summed E-state index contributed by atoms with van der Waals surface area (Å²) in [7, 11) is 0. The zero-order valence-corrected chi connectivity index (χ0v) is 16.1. The summed E-state index contributed by atoms with van der Waals surface area (Å²) in [6.07, 6.45) is 1.51. The van der Waals surface area contributed by atoms with Crippen molar-refractivity contribution in [1.82, 2.24) is 4.90 Å². The molecule has 0 bridgehead atoms. The van der Waals surface area contributed by atoms with E-state index in [0.717, 1.165) is 22.2 Å². The number of thioether (sulfide) groups is 1. The lowest BCUT2D eigenvalue weighted by Crippen LogP contribution is -2.36. The molecule has 0 saturated carbocycles. The summed E-state index contributed by atoms with van der Waals surface area (Å²) in [5, 5.41) is 2.24. The molecule has 3 amide bonds. The van der Waals surface area contributed by atoms with Gasteiger partial charge in [0.05, 0.1) is 4.91 Å². The first-order chi connectivity index (χ1) is 12.8. The van der Waals surface area contributed by atoms with Crippen LogP contribution in [0, 0.1) is 6.92 Å². The average Bonchev–Trinajstić information content (AvgIpc) is 3.13. The zero-order valence-electron chi connectivity index (χ0n) is 15.3. The van der Waals surface area contributed by atoms with Gasteiger partial charge in [-0.3, -0.25) is 19.3 Å². The van der Waals surface area contributed by atoms with Gasteiger partial charge in [-0.2, -0.15) is 0 Å². The molecule has 1 fully saturated rings. The summed E-state index contributed by atoms with van der Waals surface area (Å²) in [4.78, 5) is 38.0. The van der Waals surface area contributed by atoms with Crippen LogP contribution in [0.15, 0.2) is 45.7 Å². The third-order valence-corrected chi connectivity index (χ3v) is 4.98. The summed E-state index contributed by atoms with van der Waals surface area (Å²) >= 11 is 0.798. The molecule has 0 unspecified atom stereocenters. The first kappa shape index (κ1) is 19.0. The number of hydrogen-bond acceptors (Lipinski definition) is 5. The van der Waals surface area contributed by atoms with Crippen LogP contribution in [-0.4, -0.2) is 28.5 Å². The molecule has 1 saturated heterocycles. The molecule has 3 rings (SSSR count). The Morgan fingerprint density at radius 1 is 1.19 bits per heavy atom. The quantitative estimate of drug-likeness (QED) is 0.774. The lowest BCUT2D eigenvalue weighted by Gasteiger charge is -2.13. The predicted molar refractivity (Wildman–Crippen MR) is 105 cm³/mol. The van der Waals surface area contributed by atoms with Gasteiger partial charge in [-0.1, -0.05) is 26.0 Å². The number of benzene rings is 1. The van der Waals surface area contributed by atoms with Crippen LogP contribution in [0.5, 0.6) is 0 Å². The summed E-state index contributed by atoms with van der Waals surface area (Å²) in [5.74, 6) is 0.680. The highest BCUT2D eigenvalue weighted by Gasteiger charge is 2.36. The van der Waals surface area contributed by atoms with Gasteiger partial charge >= 0.3 is 0 Å². The first-order valence-corrected chi connectivity index (χ1v) is 9.37. The molecule has 1 aromatic heterocycles. The van der Waals surface area contributed by atoms with Crippen LogP contribution in [0.2, 0.25) is 0 Å². The van der Waals surface area contributed by atoms with Crippen molar-refractivity contribution in [3.8, 4) is 0 Å². The molecule has 0 radical (unpaired) electrons. The zero-order chi connectivity index (χ0) is 19.6. The third kappa shape index (κ3) is 4.49. The van der Waals surface area contributed by atoms with E-state index in [1.165, 1.54) is 6.08 Å². The molecule has 7 heteroatoms. The number of anilines is 1. The van der Waals surface area contributed by atoms with Gasteiger partial charge in [0.1, 0.15) is 18.1 Å². The molecule has 1 aromatic carbocycles. The SMILES string of the molecule is Cc1ccc(/C=C2/SC(=O)N(CC(=O)Nc3ccc(C(C)C)cc3)C2=O)o1. The molecule has 0 spiro atoms.